The Balaban J connectivity index is 2.34. The maximum absolute atomic E-state index is 13.0. The minimum absolute atomic E-state index is 0.255. The molecule has 1 fully saturated rings. The van der Waals surface area contributed by atoms with Crippen LogP contribution in [0.4, 0.5) is 22.0 Å². The summed E-state index contributed by atoms with van der Waals surface area (Å²) in [6, 6.07) is 4.56. The van der Waals surface area contributed by atoms with Gasteiger partial charge in [-0.25, -0.2) is 8.78 Å². The first-order chi connectivity index (χ1) is 8.19. The van der Waals surface area contributed by atoms with Gasteiger partial charge >= 0.3 is 6.18 Å². The summed E-state index contributed by atoms with van der Waals surface area (Å²) >= 11 is 0. The summed E-state index contributed by atoms with van der Waals surface area (Å²) in [5.74, 6) is -2.81. The molecule has 2 rings (SSSR count). The lowest BCUT2D eigenvalue weighted by molar-refractivity contribution is -0.139. The number of hydrogen-bond acceptors (Lipinski definition) is 1. The third-order valence-corrected chi connectivity index (χ3v) is 3.34. The molecule has 1 aromatic rings. The van der Waals surface area contributed by atoms with Crippen molar-refractivity contribution in [1.29, 1.82) is 0 Å². The van der Waals surface area contributed by atoms with Gasteiger partial charge in [-0.2, -0.15) is 13.2 Å². The fourth-order valence-electron chi connectivity index (χ4n) is 2.35. The van der Waals surface area contributed by atoms with Crippen molar-refractivity contribution < 1.29 is 22.0 Å². The molecule has 0 atom stereocenters. The Morgan fingerprint density at radius 2 is 1.78 bits per heavy atom. The van der Waals surface area contributed by atoms with Crippen LogP contribution in [0.15, 0.2) is 24.3 Å². The summed E-state index contributed by atoms with van der Waals surface area (Å²) in [6.45, 7) is 0. The van der Waals surface area contributed by atoms with Crippen LogP contribution in [0.25, 0.3) is 0 Å². The van der Waals surface area contributed by atoms with E-state index in [1.54, 1.807) is 0 Å². The smallest absolute Gasteiger partial charge is 0.310 e. The van der Waals surface area contributed by atoms with E-state index in [0.717, 1.165) is 12.1 Å². The second-order valence-corrected chi connectivity index (χ2v) is 4.62. The quantitative estimate of drug-likeness (QED) is 0.806. The Bertz CT molecular complexity index is 444. The van der Waals surface area contributed by atoms with Crippen molar-refractivity contribution in [3.8, 4) is 0 Å². The standard InChI is InChI=1S/C12H12F5N/c1-18-10(6-11(13,14)7-10)8-3-2-4-9(5-8)12(15,16)17/h2-5,18H,6-7H2,1H3. The maximum Gasteiger partial charge on any atom is 0.416 e. The van der Waals surface area contributed by atoms with Gasteiger partial charge in [0, 0.05) is 12.8 Å². The number of rotatable bonds is 2. The average Bonchev–Trinajstić information content (AvgIpc) is 2.24. The van der Waals surface area contributed by atoms with Gasteiger partial charge in [0.25, 0.3) is 5.92 Å². The summed E-state index contributed by atoms with van der Waals surface area (Å²) in [5.41, 5.74) is -1.61. The van der Waals surface area contributed by atoms with Gasteiger partial charge in [0.2, 0.25) is 0 Å². The maximum atomic E-state index is 13.0. The van der Waals surface area contributed by atoms with Gasteiger partial charge in [-0.3, -0.25) is 0 Å². The normalized spacial score (nSPS) is 21.4. The largest absolute Gasteiger partial charge is 0.416 e. The van der Waals surface area contributed by atoms with Crippen LogP contribution in [-0.4, -0.2) is 13.0 Å². The van der Waals surface area contributed by atoms with Gasteiger partial charge in [0.1, 0.15) is 0 Å². The molecule has 1 saturated carbocycles. The Hall–Kier alpha value is -1.17. The molecule has 0 heterocycles. The number of alkyl halides is 5. The summed E-state index contributed by atoms with van der Waals surface area (Å²) in [4.78, 5) is 0. The highest BCUT2D eigenvalue weighted by Crippen LogP contribution is 2.51. The predicted molar refractivity (Wildman–Crippen MR) is 56.4 cm³/mol. The Morgan fingerprint density at radius 3 is 2.22 bits per heavy atom. The molecule has 0 aromatic heterocycles. The third kappa shape index (κ3) is 2.21. The van der Waals surface area contributed by atoms with Crippen LogP contribution >= 0.6 is 0 Å². The zero-order chi connectivity index (χ0) is 13.6. The van der Waals surface area contributed by atoms with Crippen molar-refractivity contribution in [2.24, 2.45) is 0 Å². The number of nitrogens with one attached hydrogen (secondary N) is 1. The first kappa shape index (κ1) is 13.3. The molecule has 0 radical (unpaired) electrons. The molecule has 0 amide bonds. The molecule has 1 aliphatic carbocycles. The van der Waals surface area contributed by atoms with Crippen LogP contribution in [0, 0.1) is 0 Å². The molecule has 0 unspecified atom stereocenters. The zero-order valence-electron chi connectivity index (χ0n) is 9.61. The molecule has 0 saturated heterocycles. The molecular weight excluding hydrogens is 253 g/mol. The summed E-state index contributed by atoms with van der Waals surface area (Å²) in [5, 5.41) is 2.72. The molecule has 100 valence electrons. The van der Waals surface area contributed by atoms with E-state index in [4.69, 9.17) is 0 Å². The Labute approximate surface area is 101 Å². The monoisotopic (exact) mass is 265 g/mol. The minimum atomic E-state index is -4.46. The lowest BCUT2D eigenvalue weighted by atomic mass is 9.69. The molecule has 1 N–H and O–H groups in total. The van der Waals surface area contributed by atoms with Gasteiger partial charge in [0.15, 0.2) is 0 Å². The van der Waals surface area contributed by atoms with Crippen molar-refractivity contribution in [2.45, 2.75) is 30.5 Å². The van der Waals surface area contributed by atoms with Gasteiger partial charge in [0.05, 0.1) is 11.1 Å². The Kier molecular flexibility index (Phi) is 2.88. The third-order valence-electron chi connectivity index (χ3n) is 3.34. The van der Waals surface area contributed by atoms with Crippen LogP contribution < -0.4 is 5.32 Å². The fourth-order valence-corrected chi connectivity index (χ4v) is 2.35. The molecular formula is C12H12F5N. The fraction of sp³-hybridized carbons (Fsp3) is 0.500. The van der Waals surface area contributed by atoms with Crippen molar-refractivity contribution in [2.75, 3.05) is 7.05 Å². The first-order valence-corrected chi connectivity index (χ1v) is 5.43. The summed E-state index contributed by atoms with van der Waals surface area (Å²) < 4.78 is 63.7. The topological polar surface area (TPSA) is 12.0 Å². The van der Waals surface area contributed by atoms with Crippen LogP contribution in [0.5, 0.6) is 0 Å². The lowest BCUT2D eigenvalue weighted by Crippen LogP contribution is -2.57. The number of hydrogen-bond donors (Lipinski definition) is 1. The van der Waals surface area contributed by atoms with Crippen LogP contribution in [-0.2, 0) is 11.7 Å². The number of benzene rings is 1. The SMILES string of the molecule is CNC1(c2cccc(C(F)(F)F)c2)CC(F)(F)C1. The van der Waals surface area contributed by atoms with Crippen molar-refractivity contribution in [3.63, 3.8) is 0 Å². The molecule has 0 bridgehead atoms. The number of halogens is 5. The molecule has 0 aliphatic heterocycles. The van der Waals surface area contributed by atoms with Gasteiger partial charge < -0.3 is 5.32 Å². The lowest BCUT2D eigenvalue weighted by Gasteiger charge is -2.47. The molecule has 1 aromatic carbocycles. The molecule has 1 aliphatic rings. The molecule has 1 nitrogen and oxygen atoms in total. The van der Waals surface area contributed by atoms with E-state index in [2.05, 4.69) is 5.32 Å². The van der Waals surface area contributed by atoms with Gasteiger partial charge in [-0.15, -0.1) is 0 Å². The van der Waals surface area contributed by atoms with Crippen molar-refractivity contribution in [3.05, 3.63) is 35.4 Å². The van der Waals surface area contributed by atoms with E-state index in [9.17, 15) is 22.0 Å². The highest BCUT2D eigenvalue weighted by atomic mass is 19.4. The Morgan fingerprint density at radius 1 is 1.17 bits per heavy atom. The first-order valence-electron chi connectivity index (χ1n) is 5.43. The van der Waals surface area contributed by atoms with E-state index >= 15 is 0 Å². The summed E-state index contributed by atoms with van der Waals surface area (Å²) in [6.07, 6.45) is -5.41. The van der Waals surface area contributed by atoms with E-state index in [1.807, 2.05) is 0 Å². The van der Waals surface area contributed by atoms with E-state index < -0.39 is 36.0 Å². The van der Waals surface area contributed by atoms with Crippen LogP contribution in [0.1, 0.15) is 24.0 Å². The van der Waals surface area contributed by atoms with Crippen LogP contribution in [0.2, 0.25) is 0 Å². The van der Waals surface area contributed by atoms with E-state index in [0.29, 0.717) is 0 Å². The van der Waals surface area contributed by atoms with Crippen LogP contribution in [0.3, 0.4) is 0 Å². The second kappa shape index (κ2) is 3.91. The minimum Gasteiger partial charge on any atom is -0.310 e. The van der Waals surface area contributed by atoms with E-state index in [1.165, 1.54) is 19.2 Å². The highest BCUT2D eigenvalue weighted by Gasteiger charge is 2.56. The highest BCUT2D eigenvalue weighted by molar-refractivity contribution is 5.34. The van der Waals surface area contributed by atoms with Crippen molar-refractivity contribution in [1.82, 2.24) is 5.32 Å². The van der Waals surface area contributed by atoms with Gasteiger partial charge in [-0.05, 0) is 24.7 Å². The van der Waals surface area contributed by atoms with Crippen molar-refractivity contribution >= 4 is 0 Å². The summed E-state index contributed by atoms with van der Waals surface area (Å²) in [7, 11) is 1.48. The molecule has 0 spiro atoms. The second-order valence-electron chi connectivity index (χ2n) is 4.62. The predicted octanol–water partition coefficient (Wildman–Crippen LogP) is 3.55. The van der Waals surface area contributed by atoms with E-state index in [-0.39, 0.29) is 5.56 Å². The van der Waals surface area contributed by atoms with Gasteiger partial charge in [-0.1, -0.05) is 12.1 Å². The zero-order valence-corrected chi connectivity index (χ0v) is 9.61. The molecule has 18 heavy (non-hydrogen) atoms. The molecule has 6 heteroatoms. The average molecular weight is 265 g/mol.